The van der Waals surface area contributed by atoms with Crippen LogP contribution in [0.3, 0.4) is 0 Å². The van der Waals surface area contributed by atoms with Gasteiger partial charge in [-0.25, -0.2) is 9.18 Å². The van der Waals surface area contributed by atoms with Crippen LogP contribution in [0.25, 0.3) is 0 Å². The molecule has 0 heterocycles. The van der Waals surface area contributed by atoms with E-state index in [-0.39, 0.29) is 23.3 Å². The van der Waals surface area contributed by atoms with Crippen LogP contribution in [-0.2, 0) is 0 Å². The van der Waals surface area contributed by atoms with Gasteiger partial charge in [0.2, 0.25) is 0 Å². The number of halogens is 2. The maximum atomic E-state index is 13.1. The zero-order valence-electron chi connectivity index (χ0n) is 15.4. The molecule has 0 unspecified atom stereocenters. The largest absolute Gasteiger partial charge is 0.478 e. The fourth-order valence-corrected chi connectivity index (χ4v) is 3.03. The average Bonchev–Trinajstić information content (AvgIpc) is 2.71. The van der Waals surface area contributed by atoms with Crippen LogP contribution in [0.1, 0.15) is 39.2 Å². The normalized spacial score (nSPS) is 11.6. The Morgan fingerprint density at radius 2 is 1.69 bits per heavy atom. The molecule has 0 aliphatic rings. The van der Waals surface area contributed by atoms with E-state index in [2.05, 4.69) is 21.2 Å². The third-order valence-corrected chi connectivity index (χ3v) is 4.73. The van der Waals surface area contributed by atoms with E-state index in [4.69, 9.17) is 9.84 Å². The summed E-state index contributed by atoms with van der Waals surface area (Å²) in [6, 6.07) is 16.5. The molecule has 0 aliphatic heterocycles. The van der Waals surface area contributed by atoms with Crippen molar-refractivity contribution in [2.24, 2.45) is 0 Å². The Hall–Kier alpha value is -3.19. The molecule has 3 aromatic rings. The van der Waals surface area contributed by atoms with Crippen LogP contribution in [0, 0.1) is 5.82 Å². The van der Waals surface area contributed by atoms with E-state index in [0.717, 1.165) is 5.56 Å². The summed E-state index contributed by atoms with van der Waals surface area (Å²) < 4.78 is 19.6. The number of benzene rings is 3. The SMILES string of the molecule is C[C@@H](NC(=O)c1cc(Br)ccc1Oc1ccc(F)cc1)c1ccc(C(=O)O)cc1. The van der Waals surface area contributed by atoms with E-state index in [1.807, 2.05) is 0 Å². The van der Waals surface area contributed by atoms with Crippen molar-refractivity contribution >= 4 is 27.8 Å². The van der Waals surface area contributed by atoms with Gasteiger partial charge < -0.3 is 15.2 Å². The highest BCUT2D eigenvalue weighted by molar-refractivity contribution is 9.10. The van der Waals surface area contributed by atoms with Crippen molar-refractivity contribution in [3.8, 4) is 11.5 Å². The second kappa shape index (κ2) is 8.87. The highest BCUT2D eigenvalue weighted by Crippen LogP contribution is 2.29. The standard InChI is InChI=1S/C22H17BrFNO4/c1-13(14-2-4-15(5-3-14)22(27)28)25-21(26)19-12-16(23)6-11-20(19)29-18-9-7-17(24)8-10-18/h2-13H,1H3,(H,25,26)(H,27,28)/t13-/m1/s1. The van der Waals surface area contributed by atoms with Crippen molar-refractivity contribution in [2.45, 2.75) is 13.0 Å². The quantitative estimate of drug-likeness (QED) is 0.507. The van der Waals surface area contributed by atoms with Gasteiger partial charge in [-0.3, -0.25) is 4.79 Å². The predicted octanol–water partition coefficient (Wildman–Crippen LogP) is 5.57. The molecule has 0 spiro atoms. The van der Waals surface area contributed by atoms with Gasteiger partial charge in [0.25, 0.3) is 5.91 Å². The van der Waals surface area contributed by atoms with Gasteiger partial charge in [0, 0.05) is 4.47 Å². The molecule has 1 amide bonds. The van der Waals surface area contributed by atoms with Crippen molar-refractivity contribution in [1.29, 1.82) is 0 Å². The van der Waals surface area contributed by atoms with Crippen molar-refractivity contribution in [3.63, 3.8) is 0 Å². The molecule has 1 atom stereocenters. The smallest absolute Gasteiger partial charge is 0.335 e. The Kier molecular flexibility index (Phi) is 6.29. The molecule has 0 radical (unpaired) electrons. The predicted molar refractivity (Wildman–Crippen MR) is 110 cm³/mol. The molecule has 7 heteroatoms. The number of hydrogen-bond donors (Lipinski definition) is 2. The summed E-state index contributed by atoms with van der Waals surface area (Å²) in [6.07, 6.45) is 0. The maximum Gasteiger partial charge on any atom is 0.335 e. The van der Waals surface area contributed by atoms with Gasteiger partial charge in [0.15, 0.2) is 0 Å². The number of rotatable bonds is 6. The number of ether oxygens (including phenoxy) is 1. The van der Waals surface area contributed by atoms with Gasteiger partial charge in [-0.15, -0.1) is 0 Å². The molecule has 0 aromatic heterocycles. The summed E-state index contributed by atoms with van der Waals surface area (Å²) in [5.74, 6) is -1.03. The topological polar surface area (TPSA) is 75.6 Å². The summed E-state index contributed by atoms with van der Waals surface area (Å²) in [5, 5.41) is 11.9. The number of carbonyl (C=O) groups excluding carboxylic acids is 1. The number of carboxylic acid groups (broad SMARTS) is 1. The number of hydrogen-bond acceptors (Lipinski definition) is 3. The highest BCUT2D eigenvalue weighted by atomic mass is 79.9. The highest BCUT2D eigenvalue weighted by Gasteiger charge is 2.17. The first-order chi connectivity index (χ1) is 13.8. The maximum absolute atomic E-state index is 13.1. The Morgan fingerprint density at radius 1 is 1.03 bits per heavy atom. The monoisotopic (exact) mass is 457 g/mol. The van der Waals surface area contributed by atoms with Crippen LogP contribution in [0.4, 0.5) is 4.39 Å². The lowest BCUT2D eigenvalue weighted by Gasteiger charge is -2.17. The first kappa shape index (κ1) is 20.5. The third kappa shape index (κ3) is 5.20. The average molecular weight is 458 g/mol. The Morgan fingerprint density at radius 3 is 2.31 bits per heavy atom. The number of nitrogens with one attached hydrogen (secondary N) is 1. The third-order valence-electron chi connectivity index (χ3n) is 4.23. The van der Waals surface area contributed by atoms with Crippen molar-refractivity contribution in [1.82, 2.24) is 5.32 Å². The molecule has 0 aliphatic carbocycles. The van der Waals surface area contributed by atoms with Crippen molar-refractivity contribution in [2.75, 3.05) is 0 Å². The lowest BCUT2D eigenvalue weighted by molar-refractivity contribution is 0.0696. The second-order valence-electron chi connectivity index (χ2n) is 6.32. The second-order valence-corrected chi connectivity index (χ2v) is 7.23. The van der Waals surface area contributed by atoms with E-state index in [0.29, 0.717) is 21.5 Å². The van der Waals surface area contributed by atoms with E-state index >= 15 is 0 Å². The first-order valence-corrected chi connectivity index (χ1v) is 9.50. The van der Waals surface area contributed by atoms with Crippen molar-refractivity contribution < 1.29 is 23.8 Å². The fourth-order valence-electron chi connectivity index (χ4n) is 2.67. The van der Waals surface area contributed by atoms with E-state index in [1.54, 1.807) is 37.3 Å². The molecule has 3 rings (SSSR count). The van der Waals surface area contributed by atoms with Crippen LogP contribution in [0.15, 0.2) is 71.2 Å². The molecule has 2 N–H and O–H groups in total. The Bertz CT molecular complexity index is 1040. The summed E-state index contributed by atoms with van der Waals surface area (Å²) in [7, 11) is 0. The van der Waals surface area contributed by atoms with Crippen molar-refractivity contribution in [3.05, 3.63) is 93.7 Å². The molecule has 29 heavy (non-hydrogen) atoms. The Balaban J connectivity index is 1.79. The number of amides is 1. The molecular weight excluding hydrogens is 441 g/mol. The molecular formula is C22H17BrFNO4. The molecule has 148 valence electrons. The lowest BCUT2D eigenvalue weighted by Crippen LogP contribution is -2.27. The van der Waals surface area contributed by atoms with Gasteiger partial charge in [0.05, 0.1) is 17.2 Å². The molecule has 0 fully saturated rings. The van der Waals surface area contributed by atoms with Gasteiger partial charge in [-0.1, -0.05) is 28.1 Å². The minimum absolute atomic E-state index is 0.175. The Labute approximate surface area is 175 Å². The molecule has 3 aromatic carbocycles. The van der Waals surface area contributed by atoms with E-state index in [1.165, 1.54) is 36.4 Å². The number of aromatic carboxylic acids is 1. The van der Waals surface area contributed by atoms with Gasteiger partial charge in [0.1, 0.15) is 17.3 Å². The zero-order chi connectivity index (χ0) is 21.0. The lowest BCUT2D eigenvalue weighted by atomic mass is 10.1. The summed E-state index contributed by atoms with van der Waals surface area (Å²) in [6.45, 7) is 1.80. The first-order valence-electron chi connectivity index (χ1n) is 8.70. The molecule has 0 saturated carbocycles. The fraction of sp³-hybridized carbons (Fsp3) is 0.0909. The summed E-state index contributed by atoms with van der Waals surface area (Å²) >= 11 is 3.35. The van der Waals surface area contributed by atoms with Crippen LogP contribution in [-0.4, -0.2) is 17.0 Å². The van der Waals surface area contributed by atoms with Crippen LogP contribution in [0.5, 0.6) is 11.5 Å². The van der Waals surface area contributed by atoms with Crippen LogP contribution >= 0.6 is 15.9 Å². The van der Waals surface area contributed by atoms with E-state index < -0.39 is 5.97 Å². The minimum atomic E-state index is -1.01. The summed E-state index contributed by atoms with van der Waals surface area (Å²) in [4.78, 5) is 23.8. The zero-order valence-corrected chi connectivity index (χ0v) is 16.9. The van der Waals surface area contributed by atoms with Gasteiger partial charge >= 0.3 is 5.97 Å². The summed E-state index contributed by atoms with van der Waals surface area (Å²) in [5.41, 5.74) is 1.24. The molecule has 0 saturated heterocycles. The molecule has 0 bridgehead atoms. The van der Waals surface area contributed by atoms with E-state index in [9.17, 15) is 14.0 Å². The number of carbonyl (C=O) groups is 2. The number of carboxylic acids is 1. The minimum Gasteiger partial charge on any atom is -0.478 e. The van der Waals surface area contributed by atoms with Crippen LogP contribution < -0.4 is 10.1 Å². The van der Waals surface area contributed by atoms with Gasteiger partial charge in [-0.05, 0) is 67.1 Å². The van der Waals surface area contributed by atoms with Crippen LogP contribution in [0.2, 0.25) is 0 Å². The van der Waals surface area contributed by atoms with Gasteiger partial charge in [-0.2, -0.15) is 0 Å². The molecule has 5 nitrogen and oxygen atoms in total.